The van der Waals surface area contributed by atoms with Gasteiger partial charge in [-0.1, -0.05) is 38.1 Å². The Morgan fingerprint density at radius 1 is 1.41 bits per heavy atom. The molecule has 0 radical (unpaired) electrons. The summed E-state index contributed by atoms with van der Waals surface area (Å²) in [7, 11) is 1.44. The normalized spacial score (nSPS) is 12.5. The number of hydrogen-bond donors (Lipinski definition) is 1. The van der Waals surface area contributed by atoms with Crippen LogP contribution in [-0.4, -0.2) is 17.1 Å². The van der Waals surface area contributed by atoms with Gasteiger partial charge in [0.15, 0.2) is 16.7 Å². The second-order valence-corrected chi connectivity index (χ2v) is 8.83. The van der Waals surface area contributed by atoms with Crippen LogP contribution < -0.4 is 10.3 Å². The van der Waals surface area contributed by atoms with Crippen molar-refractivity contribution in [2.75, 3.05) is 7.11 Å². The lowest BCUT2D eigenvalue weighted by Gasteiger charge is -2.08. The molecule has 0 saturated heterocycles. The van der Waals surface area contributed by atoms with Crippen LogP contribution in [0.1, 0.15) is 36.3 Å². The van der Waals surface area contributed by atoms with Crippen molar-refractivity contribution in [3.8, 4) is 5.75 Å². The van der Waals surface area contributed by atoms with Crippen molar-refractivity contribution in [3.63, 3.8) is 0 Å². The fourth-order valence-corrected chi connectivity index (χ4v) is 4.83. The number of thiophene rings is 1. The maximum Gasteiger partial charge on any atom is 0.260 e. The molecule has 27 heavy (non-hydrogen) atoms. The molecule has 0 unspecified atom stereocenters. The molecule has 0 spiro atoms. The van der Waals surface area contributed by atoms with E-state index in [1.807, 2.05) is 6.07 Å². The zero-order chi connectivity index (χ0) is 19.6. The summed E-state index contributed by atoms with van der Waals surface area (Å²) in [5.74, 6) is 0.870. The van der Waals surface area contributed by atoms with Crippen LogP contribution >= 0.6 is 23.1 Å². The van der Waals surface area contributed by atoms with Gasteiger partial charge in [-0.15, -0.1) is 11.3 Å². The predicted molar refractivity (Wildman–Crippen MR) is 111 cm³/mol. The Labute approximate surface area is 166 Å². The van der Waals surface area contributed by atoms with Crippen LogP contribution in [0.15, 0.2) is 28.2 Å². The van der Waals surface area contributed by atoms with E-state index in [1.54, 1.807) is 17.4 Å². The van der Waals surface area contributed by atoms with Gasteiger partial charge in [0.1, 0.15) is 4.83 Å². The van der Waals surface area contributed by atoms with Crippen LogP contribution in [0.25, 0.3) is 10.2 Å². The number of rotatable bonds is 7. The van der Waals surface area contributed by atoms with E-state index in [4.69, 9.17) is 4.74 Å². The van der Waals surface area contributed by atoms with Gasteiger partial charge < -0.3 is 9.72 Å². The number of halogens is 1. The van der Waals surface area contributed by atoms with E-state index in [0.29, 0.717) is 16.8 Å². The molecule has 1 aromatic carbocycles. The molecule has 0 bridgehead atoms. The highest BCUT2D eigenvalue weighted by atomic mass is 32.2. The van der Waals surface area contributed by atoms with E-state index < -0.39 is 5.82 Å². The third-order valence-electron chi connectivity index (χ3n) is 4.68. The van der Waals surface area contributed by atoms with E-state index in [1.165, 1.54) is 24.9 Å². The number of hydrogen-bond acceptors (Lipinski definition) is 5. The van der Waals surface area contributed by atoms with Crippen molar-refractivity contribution in [3.05, 3.63) is 50.4 Å². The number of methoxy groups -OCH3 is 1. The van der Waals surface area contributed by atoms with Gasteiger partial charge in [0.05, 0.1) is 12.5 Å². The molecule has 2 aromatic heterocycles. The molecule has 0 amide bonds. The number of ether oxygens (including phenoxy) is 1. The molecular formula is C20H23FN2O2S2. The van der Waals surface area contributed by atoms with Crippen LogP contribution in [0.3, 0.4) is 0 Å². The number of benzene rings is 1. The molecule has 0 fully saturated rings. The van der Waals surface area contributed by atoms with Crippen LogP contribution in [0.5, 0.6) is 5.75 Å². The zero-order valence-electron chi connectivity index (χ0n) is 15.9. The maximum absolute atomic E-state index is 13.8. The maximum atomic E-state index is 13.8. The number of H-pyrrole nitrogens is 1. The lowest BCUT2D eigenvalue weighted by molar-refractivity contribution is 0.386. The van der Waals surface area contributed by atoms with Gasteiger partial charge in [0, 0.05) is 10.6 Å². The average molecular weight is 407 g/mol. The van der Waals surface area contributed by atoms with Gasteiger partial charge in [-0.2, -0.15) is 0 Å². The second kappa shape index (κ2) is 8.44. The third-order valence-corrected chi connectivity index (χ3v) is 6.67. The van der Waals surface area contributed by atoms with Crippen molar-refractivity contribution in [2.24, 2.45) is 5.92 Å². The number of aryl methyl sites for hydroxylation is 1. The summed E-state index contributed by atoms with van der Waals surface area (Å²) in [5.41, 5.74) is 1.83. The Hall–Kier alpha value is -1.86. The van der Waals surface area contributed by atoms with Crippen LogP contribution in [0, 0.1) is 18.7 Å². The Kier molecular flexibility index (Phi) is 6.22. The Balaban J connectivity index is 1.84. The molecule has 7 heteroatoms. The van der Waals surface area contributed by atoms with E-state index in [0.717, 1.165) is 39.1 Å². The second-order valence-electron chi connectivity index (χ2n) is 6.66. The number of thioether (sulfide) groups is 1. The van der Waals surface area contributed by atoms with E-state index in [-0.39, 0.29) is 11.3 Å². The Morgan fingerprint density at radius 2 is 2.19 bits per heavy atom. The van der Waals surface area contributed by atoms with Crippen LogP contribution in [0.4, 0.5) is 4.39 Å². The first-order chi connectivity index (χ1) is 12.9. The van der Waals surface area contributed by atoms with E-state index >= 15 is 0 Å². The van der Waals surface area contributed by atoms with Crippen molar-refractivity contribution in [1.29, 1.82) is 0 Å². The van der Waals surface area contributed by atoms with Gasteiger partial charge in [-0.05, 0) is 42.5 Å². The summed E-state index contributed by atoms with van der Waals surface area (Å²) in [6.07, 6.45) is 1.97. The van der Waals surface area contributed by atoms with Crippen LogP contribution in [-0.2, 0) is 12.2 Å². The highest BCUT2D eigenvalue weighted by Crippen LogP contribution is 2.31. The number of aromatic amines is 1. The lowest BCUT2D eigenvalue weighted by atomic mass is 9.98. The van der Waals surface area contributed by atoms with E-state index in [9.17, 15) is 9.18 Å². The SMILES string of the molecule is CC[C@@H](C)Cc1c(C)sc2nc(SCc3ccc(OC)c(F)c3)[nH]c(=O)c12. The molecular weight excluding hydrogens is 383 g/mol. The fourth-order valence-electron chi connectivity index (χ4n) is 2.91. The molecule has 0 aliphatic rings. The summed E-state index contributed by atoms with van der Waals surface area (Å²) in [5, 5.41) is 1.28. The highest BCUT2D eigenvalue weighted by molar-refractivity contribution is 7.98. The van der Waals surface area contributed by atoms with Gasteiger partial charge in [0.2, 0.25) is 0 Å². The summed E-state index contributed by atoms with van der Waals surface area (Å²) < 4.78 is 18.8. The molecule has 3 rings (SSSR count). The van der Waals surface area contributed by atoms with Gasteiger partial charge >= 0.3 is 0 Å². The minimum Gasteiger partial charge on any atom is -0.494 e. The highest BCUT2D eigenvalue weighted by Gasteiger charge is 2.17. The van der Waals surface area contributed by atoms with Gasteiger partial charge in [-0.3, -0.25) is 4.79 Å². The molecule has 2 heterocycles. The average Bonchev–Trinajstić information content (AvgIpc) is 2.95. The monoisotopic (exact) mass is 406 g/mol. The minimum absolute atomic E-state index is 0.0916. The first kappa shape index (κ1) is 19.9. The molecule has 3 aromatic rings. The fraction of sp³-hybridized carbons (Fsp3) is 0.400. The third kappa shape index (κ3) is 4.35. The molecule has 0 saturated carbocycles. The lowest BCUT2D eigenvalue weighted by Crippen LogP contribution is -2.11. The largest absolute Gasteiger partial charge is 0.494 e. The number of fused-ring (bicyclic) bond motifs is 1. The zero-order valence-corrected chi connectivity index (χ0v) is 17.5. The topological polar surface area (TPSA) is 55.0 Å². The summed E-state index contributed by atoms with van der Waals surface area (Å²) >= 11 is 2.96. The van der Waals surface area contributed by atoms with Crippen molar-refractivity contribution in [1.82, 2.24) is 9.97 Å². The smallest absolute Gasteiger partial charge is 0.260 e. The Bertz CT molecular complexity index is 1010. The first-order valence-corrected chi connectivity index (χ1v) is 10.7. The standard InChI is InChI=1S/C20H23FN2O2S2/c1-5-11(2)8-14-12(3)27-19-17(14)18(24)22-20(23-19)26-10-13-6-7-16(25-4)15(21)9-13/h6-7,9,11H,5,8,10H2,1-4H3,(H,22,23,24)/t11-/m1/s1. The van der Waals surface area contributed by atoms with Crippen LogP contribution in [0.2, 0.25) is 0 Å². The molecule has 1 atom stereocenters. The van der Waals surface area contributed by atoms with Crippen molar-refractivity contribution in [2.45, 2.75) is 44.5 Å². The quantitative estimate of drug-likeness (QED) is 0.426. The Morgan fingerprint density at radius 3 is 2.85 bits per heavy atom. The minimum atomic E-state index is -0.393. The number of aromatic nitrogens is 2. The molecule has 144 valence electrons. The van der Waals surface area contributed by atoms with Gasteiger partial charge in [0.25, 0.3) is 5.56 Å². The number of nitrogens with one attached hydrogen (secondary N) is 1. The molecule has 1 N–H and O–H groups in total. The van der Waals surface area contributed by atoms with E-state index in [2.05, 4.69) is 30.7 Å². The van der Waals surface area contributed by atoms with Crippen molar-refractivity contribution >= 4 is 33.3 Å². The summed E-state index contributed by atoms with van der Waals surface area (Å²) in [6.45, 7) is 6.41. The molecule has 0 aliphatic carbocycles. The first-order valence-electron chi connectivity index (χ1n) is 8.90. The van der Waals surface area contributed by atoms with Crippen molar-refractivity contribution < 1.29 is 9.13 Å². The number of nitrogens with zero attached hydrogens (tertiary/aromatic N) is 1. The summed E-state index contributed by atoms with van der Waals surface area (Å²) in [6, 6.07) is 4.86. The molecule has 0 aliphatic heterocycles. The van der Waals surface area contributed by atoms with Gasteiger partial charge in [-0.25, -0.2) is 9.37 Å². The summed E-state index contributed by atoms with van der Waals surface area (Å²) in [4.78, 5) is 22.1. The predicted octanol–water partition coefficient (Wildman–Crippen LogP) is 5.32. The molecule has 4 nitrogen and oxygen atoms in total.